The maximum atomic E-state index is 12.3. The second-order valence-corrected chi connectivity index (χ2v) is 7.19. The molecule has 0 aliphatic rings. The van der Waals surface area contributed by atoms with E-state index in [1.807, 2.05) is 31.2 Å². The third-order valence-electron chi connectivity index (χ3n) is 3.92. The number of carbonyl (C=O) groups excluding carboxylic acids is 2. The summed E-state index contributed by atoms with van der Waals surface area (Å²) in [6, 6.07) is 21.3. The summed E-state index contributed by atoms with van der Waals surface area (Å²) in [5.74, 6) is 0.130. The molecule has 3 aromatic rings. The maximum absolute atomic E-state index is 12.3. The summed E-state index contributed by atoms with van der Waals surface area (Å²) in [4.78, 5) is 24.2. The number of rotatable bonds is 7. The number of benzene rings is 3. The molecular formula is C23H19BrN2O4. The van der Waals surface area contributed by atoms with E-state index < -0.39 is 5.97 Å². The van der Waals surface area contributed by atoms with Crippen molar-refractivity contribution in [2.24, 2.45) is 5.10 Å². The molecule has 0 fully saturated rings. The molecule has 152 valence electrons. The lowest BCUT2D eigenvalue weighted by atomic mass is 10.2. The first-order valence-corrected chi connectivity index (χ1v) is 9.89. The quantitative estimate of drug-likeness (QED) is 0.240. The van der Waals surface area contributed by atoms with Gasteiger partial charge in [0.2, 0.25) is 0 Å². The number of hydrogen-bond donors (Lipinski definition) is 1. The Kier molecular flexibility index (Phi) is 7.34. The minimum atomic E-state index is -0.474. The third kappa shape index (κ3) is 6.28. The zero-order chi connectivity index (χ0) is 21.3. The van der Waals surface area contributed by atoms with E-state index in [4.69, 9.17) is 9.47 Å². The van der Waals surface area contributed by atoms with Crippen molar-refractivity contribution < 1.29 is 19.1 Å². The second kappa shape index (κ2) is 10.4. The Hall–Kier alpha value is -3.45. The van der Waals surface area contributed by atoms with Gasteiger partial charge in [-0.05, 0) is 70.4 Å². The first-order chi connectivity index (χ1) is 14.5. The standard InChI is InChI=1S/C23H19BrN2O4/c1-16-6-4-8-18(12-16)29-15-22(27)26-25-14-17-7-5-9-19(13-17)30-23(28)20-10-2-3-11-21(20)24/h2-14H,15H2,1H3,(H,26,27)/b25-14+. The van der Waals surface area contributed by atoms with Gasteiger partial charge in [-0.3, -0.25) is 4.79 Å². The zero-order valence-corrected chi connectivity index (χ0v) is 17.8. The van der Waals surface area contributed by atoms with Crippen LogP contribution < -0.4 is 14.9 Å². The molecule has 1 amide bonds. The lowest BCUT2D eigenvalue weighted by Crippen LogP contribution is -2.24. The molecule has 7 heteroatoms. The number of carbonyl (C=O) groups is 2. The highest BCUT2D eigenvalue weighted by Crippen LogP contribution is 2.19. The Balaban J connectivity index is 1.53. The minimum absolute atomic E-state index is 0.148. The van der Waals surface area contributed by atoms with Crippen molar-refractivity contribution in [2.45, 2.75) is 6.92 Å². The molecule has 0 atom stereocenters. The highest BCUT2D eigenvalue weighted by atomic mass is 79.9. The molecule has 0 heterocycles. The predicted octanol–water partition coefficient (Wildman–Crippen LogP) is 4.51. The Morgan fingerprint density at radius 3 is 2.57 bits per heavy atom. The molecule has 0 unspecified atom stereocenters. The van der Waals surface area contributed by atoms with E-state index >= 15 is 0 Å². The van der Waals surface area contributed by atoms with Crippen LogP contribution in [0.25, 0.3) is 0 Å². The summed E-state index contributed by atoms with van der Waals surface area (Å²) in [7, 11) is 0. The Bertz CT molecular complexity index is 1080. The van der Waals surface area contributed by atoms with Gasteiger partial charge in [-0.2, -0.15) is 5.10 Å². The van der Waals surface area contributed by atoms with Crippen molar-refractivity contribution in [1.82, 2.24) is 5.43 Å². The van der Waals surface area contributed by atoms with Crippen LogP contribution in [0.3, 0.4) is 0 Å². The van der Waals surface area contributed by atoms with E-state index in [0.29, 0.717) is 27.1 Å². The summed E-state index contributed by atoms with van der Waals surface area (Å²) in [6.07, 6.45) is 1.46. The van der Waals surface area contributed by atoms with Gasteiger partial charge in [0.25, 0.3) is 5.91 Å². The summed E-state index contributed by atoms with van der Waals surface area (Å²) >= 11 is 3.33. The zero-order valence-electron chi connectivity index (χ0n) is 16.2. The first-order valence-electron chi connectivity index (χ1n) is 9.09. The van der Waals surface area contributed by atoms with Gasteiger partial charge < -0.3 is 9.47 Å². The van der Waals surface area contributed by atoms with Gasteiger partial charge in [0, 0.05) is 4.47 Å². The van der Waals surface area contributed by atoms with E-state index in [9.17, 15) is 9.59 Å². The Labute approximate surface area is 182 Å². The third-order valence-corrected chi connectivity index (χ3v) is 4.62. The van der Waals surface area contributed by atoms with Crippen LogP contribution in [-0.4, -0.2) is 24.7 Å². The monoisotopic (exact) mass is 466 g/mol. The average Bonchev–Trinajstić information content (AvgIpc) is 2.73. The lowest BCUT2D eigenvalue weighted by Gasteiger charge is -2.07. The fraction of sp³-hybridized carbons (Fsp3) is 0.0870. The normalized spacial score (nSPS) is 10.6. The van der Waals surface area contributed by atoms with Crippen LogP contribution >= 0.6 is 15.9 Å². The molecule has 0 aromatic heterocycles. The number of amides is 1. The smallest absolute Gasteiger partial charge is 0.344 e. The van der Waals surface area contributed by atoms with Gasteiger partial charge in [-0.15, -0.1) is 0 Å². The molecule has 0 spiro atoms. The van der Waals surface area contributed by atoms with Crippen LogP contribution in [0.4, 0.5) is 0 Å². The van der Waals surface area contributed by atoms with Crippen LogP contribution in [0.15, 0.2) is 82.4 Å². The molecule has 3 rings (SSSR count). The molecule has 6 nitrogen and oxygen atoms in total. The van der Waals surface area contributed by atoms with Crippen molar-refractivity contribution in [3.63, 3.8) is 0 Å². The summed E-state index contributed by atoms with van der Waals surface area (Å²) in [5, 5.41) is 3.91. The molecular weight excluding hydrogens is 448 g/mol. The van der Waals surface area contributed by atoms with Crippen LogP contribution in [-0.2, 0) is 4.79 Å². The first kappa shape index (κ1) is 21.3. The molecule has 0 saturated carbocycles. The maximum Gasteiger partial charge on any atom is 0.344 e. The molecule has 1 N–H and O–H groups in total. The van der Waals surface area contributed by atoms with Gasteiger partial charge in [0.15, 0.2) is 6.61 Å². The highest BCUT2D eigenvalue weighted by molar-refractivity contribution is 9.10. The number of hydrazone groups is 1. The number of halogens is 1. The number of ether oxygens (including phenoxy) is 2. The van der Waals surface area contributed by atoms with Crippen LogP contribution in [0.5, 0.6) is 11.5 Å². The van der Waals surface area contributed by atoms with Crippen LogP contribution in [0.2, 0.25) is 0 Å². The van der Waals surface area contributed by atoms with Crippen LogP contribution in [0, 0.1) is 6.92 Å². The van der Waals surface area contributed by atoms with Gasteiger partial charge in [0.05, 0.1) is 11.8 Å². The van der Waals surface area contributed by atoms with E-state index in [0.717, 1.165) is 5.56 Å². The number of nitrogens with one attached hydrogen (secondary N) is 1. The van der Waals surface area contributed by atoms with Crippen molar-refractivity contribution in [3.8, 4) is 11.5 Å². The number of nitrogens with zero attached hydrogens (tertiary/aromatic N) is 1. The fourth-order valence-electron chi connectivity index (χ4n) is 2.51. The second-order valence-electron chi connectivity index (χ2n) is 6.34. The van der Waals surface area contributed by atoms with E-state index in [1.54, 1.807) is 48.5 Å². The van der Waals surface area contributed by atoms with Gasteiger partial charge in [-0.1, -0.05) is 36.4 Å². The largest absolute Gasteiger partial charge is 0.484 e. The SMILES string of the molecule is Cc1cccc(OCC(=O)N/N=C/c2cccc(OC(=O)c3ccccc3Br)c2)c1. The summed E-state index contributed by atoms with van der Waals surface area (Å²) in [5.41, 5.74) is 4.54. The molecule has 30 heavy (non-hydrogen) atoms. The summed E-state index contributed by atoms with van der Waals surface area (Å²) < 4.78 is 11.5. The van der Waals surface area contributed by atoms with Gasteiger partial charge in [0.1, 0.15) is 11.5 Å². The van der Waals surface area contributed by atoms with E-state index in [1.165, 1.54) is 6.21 Å². The molecule has 0 saturated heterocycles. The lowest BCUT2D eigenvalue weighted by molar-refractivity contribution is -0.123. The molecule has 0 aliphatic carbocycles. The van der Waals surface area contributed by atoms with Crippen molar-refractivity contribution >= 4 is 34.0 Å². The van der Waals surface area contributed by atoms with Crippen LogP contribution in [0.1, 0.15) is 21.5 Å². The average molecular weight is 467 g/mol. The topological polar surface area (TPSA) is 77.0 Å². The molecule has 3 aromatic carbocycles. The van der Waals surface area contributed by atoms with Gasteiger partial charge >= 0.3 is 5.97 Å². The van der Waals surface area contributed by atoms with Crippen molar-refractivity contribution in [1.29, 1.82) is 0 Å². The molecule has 0 bridgehead atoms. The summed E-state index contributed by atoms with van der Waals surface area (Å²) in [6.45, 7) is 1.80. The number of esters is 1. The highest BCUT2D eigenvalue weighted by Gasteiger charge is 2.12. The van der Waals surface area contributed by atoms with E-state index in [2.05, 4.69) is 26.5 Å². The number of hydrogen-bond acceptors (Lipinski definition) is 5. The minimum Gasteiger partial charge on any atom is -0.484 e. The Morgan fingerprint density at radius 1 is 1.00 bits per heavy atom. The molecule has 0 radical (unpaired) electrons. The van der Waals surface area contributed by atoms with Crippen molar-refractivity contribution in [3.05, 3.63) is 94.0 Å². The van der Waals surface area contributed by atoms with Crippen molar-refractivity contribution in [2.75, 3.05) is 6.61 Å². The number of aryl methyl sites for hydroxylation is 1. The molecule has 0 aliphatic heterocycles. The Morgan fingerprint density at radius 2 is 1.77 bits per heavy atom. The predicted molar refractivity (Wildman–Crippen MR) is 118 cm³/mol. The van der Waals surface area contributed by atoms with E-state index in [-0.39, 0.29) is 12.5 Å². The van der Waals surface area contributed by atoms with Gasteiger partial charge in [-0.25, -0.2) is 10.2 Å². The fourth-order valence-corrected chi connectivity index (χ4v) is 2.96.